The molecule has 0 bridgehead atoms. The molecule has 1 saturated heterocycles. The second-order valence-electron chi connectivity index (χ2n) is 4.77. The molecule has 0 spiro atoms. The Morgan fingerprint density at radius 2 is 2.44 bits per heavy atom. The van der Waals surface area contributed by atoms with Crippen molar-refractivity contribution >= 4 is 11.9 Å². The van der Waals surface area contributed by atoms with Crippen LogP contribution in [-0.2, 0) is 4.79 Å². The Balaban J connectivity index is 1.91. The number of amides is 1. The van der Waals surface area contributed by atoms with Crippen LogP contribution in [0.5, 0.6) is 0 Å². The van der Waals surface area contributed by atoms with E-state index in [1.807, 2.05) is 6.92 Å². The lowest BCUT2D eigenvalue weighted by molar-refractivity contribution is -0.119. The fourth-order valence-corrected chi connectivity index (χ4v) is 2.11. The first-order chi connectivity index (χ1) is 8.70. The first-order valence-electron chi connectivity index (χ1n) is 6.58. The van der Waals surface area contributed by atoms with Crippen molar-refractivity contribution in [3.05, 3.63) is 5.89 Å². The summed E-state index contributed by atoms with van der Waals surface area (Å²) in [6, 6.07) is 0.336. The largest absolute Gasteiger partial charge is 0.406 e. The predicted molar refractivity (Wildman–Crippen MR) is 67.0 cm³/mol. The van der Waals surface area contributed by atoms with Gasteiger partial charge in [0.2, 0.25) is 11.8 Å². The molecule has 0 aliphatic carbocycles. The number of hydrogen-bond acceptors (Lipinski definition) is 5. The SMILES string of the molecule is CCCC(C)C(=O)Nc1nnc(C2CCCN2)o1. The van der Waals surface area contributed by atoms with Gasteiger partial charge in [0.15, 0.2) is 0 Å². The van der Waals surface area contributed by atoms with Crippen molar-refractivity contribution in [2.75, 3.05) is 11.9 Å². The van der Waals surface area contributed by atoms with Crippen LogP contribution in [-0.4, -0.2) is 22.6 Å². The van der Waals surface area contributed by atoms with Crippen LogP contribution in [0.1, 0.15) is 51.5 Å². The van der Waals surface area contributed by atoms with Crippen molar-refractivity contribution < 1.29 is 9.21 Å². The number of rotatable bonds is 5. The summed E-state index contributed by atoms with van der Waals surface area (Å²) in [7, 11) is 0. The standard InChI is InChI=1S/C12H20N4O2/c1-3-5-8(2)10(17)14-12-16-15-11(18-12)9-6-4-7-13-9/h8-9,13H,3-7H2,1-2H3,(H,14,16,17). The van der Waals surface area contributed by atoms with Crippen LogP contribution in [0.3, 0.4) is 0 Å². The number of anilines is 1. The van der Waals surface area contributed by atoms with Crippen LogP contribution < -0.4 is 10.6 Å². The number of aromatic nitrogens is 2. The van der Waals surface area contributed by atoms with Gasteiger partial charge in [-0.25, -0.2) is 0 Å². The van der Waals surface area contributed by atoms with Crippen LogP contribution in [0.4, 0.5) is 6.01 Å². The minimum Gasteiger partial charge on any atom is -0.406 e. The zero-order valence-electron chi connectivity index (χ0n) is 10.9. The molecular formula is C12H20N4O2. The monoisotopic (exact) mass is 252 g/mol. The Morgan fingerprint density at radius 3 is 3.11 bits per heavy atom. The van der Waals surface area contributed by atoms with Crippen molar-refractivity contribution in [2.24, 2.45) is 5.92 Å². The van der Waals surface area contributed by atoms with Crippen LogP contribution >= 0.6 is 0 Å². The van der Waals surface area contributed by atoms with Crippen LogP contribution in [0.25, 0.3) is 0 Å². The van der Waals surface area contributed by atoms with Crippen molar-refractivity contribution in [1.82, 2.24) is 15.5 Å². The molecule has 2 heterocycles. The first kappa shape index (κ1) is 13.0. The van der Waals surface area contributed by atoms with E-state index >= 15 is 0 Å². The highest BCUT2D eigenvalue weighted by molar-refractivity contribution is 5.90. The highest BCUT2D eigenvalue weighted by Crippen LogP contribution is 2.23. The summed E-state index contributed by atoms with van der Waals surface area (Å²) < 4.78 is 5.45. The Labute approximate surface area is 107 Å². The lowest BCUT2D eigenvalue weighted by Crippen LogP contribution is -2.20. The average molecular weight is 252 g/mol. The third-order valence-electron chi connectivity index (χ3n) is 3.20. The van der Waals surface area contributed by atoms with Gasteiger partial charge in [0.1, 0.15) is 0 Å². The van der Waals surface area contributed by atoms with Gasteiger partial charge in [-0.3, -0.25) is 10.1 Å². The van der Waals surface area contributed by atoms with Gasteiger partial charge in [-0.2, -0.15) is 0 Å². The van der Waals surface area contributed by atoms with Crippen LogP contribution in [0.2, 0.25) is 0 Å². The summed E-state index contributed by atoms with van der Waals surface area (Å²) in [5.74, 6) is 0.465. The molecule has 1 aliphatic rings. The second-order valence-corrected chi connectivity index (χ2v) is 4.77. The fraction of sp³-hybridized carbons (Fsp3) is 0.750. The quantitative estimate of drug-likeness (QED) is 0.836. The zero-order chi connectivity index (χ0) is 13.0. The highest BCUT2D eigenvalue weighted by Gasteiger charge is 2.23. The number of nitrogens with zero attached hydrogens (tertiary/aromatic N) is 2. The Hall–Kier alpha value is -1.43. The molecule has 1 aromatic heterocycles. The van der Waals surface area contributed by atoms with Crippen LogP contribution in [0.15, 0.2) is 4.42 Å². The molecule has 0 aromatic carbocycles. The third-order valence-corrected chi connectivity index (χ3v) is 3.20. The maximum atomic E-state index is 11.8. The lowest BCUT2D eigenvalue weighted by atomic mass is 10.1. The summed E-state index contributed by atoms with van der Waals surface area (Å²) in [5.41, 5.74) is 0. The van der Waals surface area contributed by atoms with Crippen molar-refractivity contribution in [2.45, 2.75) is 45.6 Å². The topological polar surface area (TPSA) is 80.0 Å². The maximum absolute atomic E-state index is 11.8. The van der Waals surface area contributed by atoms with Crippen molar-refractivity contribution in [1.29, 1.82) is 0 Å². The number of carbonyl (C=O) groups excluding carboxylic acids is 1. The fourth-order valence-electron chi connectivity index (χ4n) is 2.11. The van der Waals surface area contributed by atoms with E-state index in [1.165, 1.54) is 0 Å². The lowest BCUT2D eigenvalue weighted by Gasteiger charge is -2.07. The van der Waals surface area contributed by atoms with E-state index in [2.05, 4.69) is 27.8 Å². The van der Waals surface area contributed by atoms with Gasteiger partial charge in [-0.1, -0.05) is 25.4 Å². The van der Waals surface area contributed by atoms with Crippen molar-refractivity contribution in [3.63, 3.8) is 0 Å². The van der Waals surface area contributed by atoms with Gasteiger partial charge < -0.3 is 9.73 Å². The van der Waals surface area contributed by atoms with E-state index in [0.29, 0.717) is 5.89 Å². The normalized spacial score (nSPS) is 20.9. The summed E-state index contributed by atoms with van der Waals surface area (Å²) >= 11 is 0. The van der Waals surface area contributed by atoms with E-state index < -0.39 is 0 Å². The maximum Gasteiger partial charge on any atom is 0.322 e. The predicted octanol–water partition coefficient (Wildman–Crippen LogP) is 1.87. The first-order valence-corrected chi connectivity index (χ1v) is 6.58. The van der Waals surface area contributed by atoms with E-state index in [4.69, 9.17) is 4.42 Å². The Morgan fingerprint density at radius 1 is 1.61 bits per heavy atom. The number of carbonyl (C=O) groups is 1. The molecule has 2 N–H and O–H groups in total. The second kappa shape index (κ2) is 5.95. The van der Waals surface area contributed by atoms with Crippen molar-refractivity contribution in [3.8, 4) is 0 Å². The molecule has 0 saturated carbocycles. The number of nitrogens with one attached hydrogen (secondary N) is 2. The van der Waals surface area contributed by atoms with Gasteiger partial charge in [0.25, 0.3) is 0 Å². The van der Waals surface area contributed by atoms with E-state index in [-0.39, 0.29) is 23.9 Å². The average Bonchev–Trinajstić information content (AvgIpc) is 2.98. The van der Waals surface area contributed by atoms with Gasteiger partial charge in [0, 0.05) is 5.92 Å². The van der Waals surface area contributed by atoms with Gasteiger partial charge >= 0.3 is 6.01 Å². The summed E-state index contributed by atoms with van der Waals surface area (Å²) in [5, 5.41) is 13.8. The molecule has 1 amide bonds. The van der Waals surface area contributed by atoms with Gasteiger partial charge in [-0.05, 0) is 25.8 Å². The minimum absolute atomic E-state index is 0.0324. The molecule has 100 valence electrons. The molecule has 1 fully saturated rings. The molecule has 1 aliphatic heterocycles. The molecule has 18 heavy (non-hydrogen) atoms. The molecule has 1 aromatic rings. The molecule has 2 atom stereocenters. The molecule has 0 radical (unpaired) electrons. The van der Waals surface area contributed by atoms with E-state index in [1.54, 1.807) is 0 Å². The van der Waals surface area contributed by atoms with E-state index in [0.717, 1.165) is 32.2 Å². The molecule has 6 nitrogen and oxygen atoms in total. The van der Waals surface area contributed by atoms with E-state index in [9.17, 15) is 4.79 Å². The highest BCUT2D eigenvalue weighted by atomic mass is 16.4. The van der Waals surface area contributed by atoms with Crippen LogP contribution in [0, 0.1) is 5.92 Å². The molecule has 2 rings (SSSR count). The molecular weight excluding hydrogens is 232 g/mol. The smallest absolute Gasteiger partial charge is 0.322 e. The van der Waals surface area contributed by atoms with Gasteiger partial charge in [-0.15, -0.1) is 5.10 Å². The number of hydrogen-bond donors (Lipinski definition) is 2. The minimum atomic E-state index is -0.0635. The Bertz CT molecular complexity index is 399. The molecule has 6 heteroatoms. The third kappa shape index (κ3) is 3.07. The summed E-state index contributed by atoms with van der Waals surface area (Å²) in [6.45, 7) is 4.93. The van der Waals surface area contributed by atoms with Gasteiger partial charge in [0.05, 0.1) is 6.04 Å². The summed E-state index contributed by atoms with van der Waals surface area (Å²) in [4.78, 5) is 11.8. The molecule has 2 unspecified atom stereocenters. The zero-order valence-corrected chi connectivity index (χ0v) is 10.9. The summed E-state index contributed by atoms with van der Waals surface area (Å²) in [6.07, 6.45) is 3.96. The Kier molecular flexibility index (Phi) is 4.30.